The van der Waals surface area contributed by atoms with Crippen LogP contribution in [0.5, 0.6) is 0 Å². The summed E-state index contributed by atoms with van der Waals surface area (Å²) in [4.78, 5) is 136. The summed E-state index contributed by atoms with van der Waals surface area (Å²) in [6.07, 6.45) is -4.88. The van der Waals surface area contributed by atoms with Gasteiger partial charge >= 0.3 is 18.3 Å². The first-order valence-corrected chi connectivity index (χ1v) is 25.7. The number of amides is 10. The van der Waals surface area contributed by atoms with Crippen molar-refractivity contribution in [1.82, 2.24) is 53.2 Å². The summed E-state index contributed by atoms with van der Waals surface area (Å²) < 4.78 is 16.7. The highest BCUT2D eigenvalue weighted by molar-refractivity contribution is 9.10. The van der Waals surface area contributed by atoms with Crippen LogP contribution in [0.1, 0.15) is 120 Å². The van der Waals surface area contributed by atoms with Crippen LogP contribution in [0.15, 0.2) is 28.7 Å². The van der Waals surface area contributed by atoms with Crippen LogP contribution in [0.25, 0.3) is 0 Å². The third-order valence-corrected chi connectivity index (χ3v) is 11.1. The van der Waals surface area contributed by atoms with Gasteiger partial charge in [0.2, 0.25) is 41.4 Å². The molecule has 25 nitrogen and oxygen atoms in total. The minimum atomic E-state index is -1.65. The maximum absolute atomic E-state index is 14.4. The Morgan fingerprint density at radius 2 is 0.933 bits per heavy atom. The molecule has 2 rings (SSSR count). The van der Waals surface area contributed by atoms with Gasteiger partial charge in [-0.1, -0.05) is 41.4 Å². The third kappa shape index (κ3) is 26.2. The van der Waals surface area contributed by atoms with Gasteiger partial charge in [-0.2, -0.15) is 0 Å². The number of nitrogens with one attached hydrogen (secondary N) is 10. The van der Waals surface area contributed by atoms with Crippen molar-refractivity contribution in [2.24, 2.45) is 5.73 Å². The highest BCUT2D eigenvalue weighted by Gasteiger charge is 2.35. The van der Waals surface area contributed by atoms with E-state index in [0.717, 1.165) is 4.47 Å². The monoisotopic (exact) mass is 1130 g/mol. The quantitative estimate of drug-likeness (QED) is 0.114. The highest BCUT2D eigenvalue weighted by atomic mass is 79.9. The number of hydrogen-bond donors (Lipinski definition) is 12. The number of benzene rings is 1. The fraction of sp³-hybridized carbons (Fsp3) is 0.673. The van der Waals surface area contributed by atoms with Crippen LogP contribution < -0.4 is 58.9 Å². The van der Waals surface area contributed by atoms with Gasteiger partial charge in [0, 0.05) is 37.1 Å². The molecule has 0 bridgehead atoms. The topological polar surface area (TPSA) is 365 Å². The van der Waals surface area contributed by atoms with Crippen molar-refractivity contribution in [3.05, 3.63) is 34.3 Å². The van der Waals surface area contributed by atoms with Gasteiger partial charge in [0.15, 0.2) is 0 Å². The van der Waals surface area contributed by atoms with Crippen LogP contribution in [-0.4, -0.2) is 156 Å². The minimum absolute atomic E-state index is 0.0120. The van der Waals surface area contributed by atoms with Gasteiger partial charge in [0.1, 0.15) is 53.1 Å². The van der Waals surface area contributed by atoms with Crippen LogP contribution in [0.2, 0.25) is 0 Å². The van der Waals surface area contributed by atoms with E-state index in [-0.39, 0.29) is 64.7 Å². The van der Waals surface area contributed by atoms with E-state index in [1.54, 1.807) is 93.5 Å². The maximum Gasteiger partial charge on any atom is 0.407 e. The second-order valence-corrected chi connectivity index (χ2v) is 21.9. The summed E-state index contributed by atoms with van der Waals surface area (Å²) >= 11 is 3.38. The molecule has 1 aromatic carbocycles. The normalized spacial score (nSPS) is 22.7. The van der Waals surface area contributed by atoms with Crippen LogP contribution in [0.4, 0.5) is 14.4 Å². The van der Waals surface area contributed by atoms with E-state index in [4.69, 9.17) is 19.9 Å². The molecule has 75 heavy (non-hydrogen) atoms. The van der Waals surface area contributed by atoms with Crippen LogP contribution in [0, 0.1) is 0 Å². The summed E-state index contributed by atoms with van der Waals surface area (Å²) in [7, 11) is 0. The summed E-state index contributed by atoms with van der Waals surface area (Å²) in [5, 5.41) is 36.3. The van der Waals surface area contributed by atoms with Crippen molar-refractivity contribution in [3.63, 3.8) is 0 Å². The molecular weight excluding hydrogens is 1050 g/mol. The van der Waals surface area contributed by atoms with Crippen LogP contribution in [-0.2, 0) is 54.2 Å². The first-order valence-electron chi connectivity index (χ1n) is 25.0. The summed E-state index contributed by atoms with van der Waals surface area (Å²) in [5.74, 6) is -6.33. The second kappa shape index (κ2) is 30.3. The average molecular weight is 1130 g/mol. The minimum Gasteiger partial charge on any atom is -0.444 e. The van der Waals surface area contributed by atoms with Gasteiger partial charge in [-0.25, -0.2) is 14.4 Å². The zero-order chi connectivity index (χ0) is 56.8. The van der Waals surface area contributed by atoms with Gasteiger partial charge in [0.25, 0.3) is 0 Å². The largest absolute Gasteiger partial charge is 0.444 e. The number of alkyl carbamates (subject to hydrolysis) is 3. The highest BCUT2D eigenvalue weighted by Crippen LogP contribution is 2.14. The molecule has 0 aromatic heterocycles. The molecule has 1 aromatic rings. The number of carbonyl (C=O) groups excluding carboxylic acids is 10. The lowest BCUT2D eigenvalue weighted by molar-refractivity contribution is -0.136. The zero-order valence-electron chi connectivity index (χ0n) is 44.9. The van der Waals surface area contributed by atoms with Gasteiger partial charge in [0.05, 0.1) is 12.1 Å². The number of carbonyl (C=O) groups is 10. The Bertz CT molecular complexity index is 2130. The molecule has 1 aliphatic rings. The van der Waals surface area contributed by atoms with E-state index in [1.807, 2.05) is 0 Å². The molecule has 0 spiro atoms. The zero-order valence-corrected chi connectivity index (χ0v) is 46.5. The molecule has 1 heterocycles. The SMILES string of the molecule is CCC[C@@H]1NC(=O)[C@@H](Cc2ccc(Br)cc2)NC(=O)[C@H](CCNC(=O)OC(C)(C)C)NC(=O)[C@@H](N)CCNC(=O)[C@H](C(C)O)NC(=O)[C@H](CCNC(=O)OC(C)(C)C)NC(=O)[C@H](CCNC(=O)OC(C)(C)C)NC1=O. The van der Waals surface area contributed by atoms with E-state index < -0.39 is 125 Å². The number of halogens is 1. The first-order chi connectivity index (χ1) is 34.8. The molecular formula is C49H80BrN11O14. The van der Waals surface area contributed by atoms with Gasteiger partial charge in [-0.3, -0.25) is 33.6 Å². The van der Waals surface area contributed by atoms with Crippen molar-refractivity contribution in [1.29, 1.82) is 0 Å². The van der Waals surface area contributed by atoms with Gasteiger partial charge < -0.3 is 78.2 Å². The predicted molar refractivity (Wildman–Crippen MR) is 278 cm³/mol. The fourth-order valence-corrected chi connectivity index (χ4v) is 7.21. The molecule has 13 N–H and O–H groups in total. The molecule has 0 radical (unpaired) electrons. The summed E-state index contributed by atoms with van der Waals surface area (Å²) in [6, 6.07) is -3.44. The number of aliphatic hydroxyl groups is 1. The van der Waals surface area contributed by atoms with Crippen LogP contribution >= 0.6 is 15.9 Å². The molecule has 10 amide bonds. The van der Waals surface area contributed by atoms with Crippen molar-refractivity contribution in [3.8, 4) is 0 Å². The van der Waals surface area contributed by atoms with E-state index in [2.05, 4.69) is 69.1 Å². The number of hydrogen-bond acceptors (Lipinski definition) is 15. The first kappa shape index (κ1) is 64.8. The Morgan fingerprint density at radius 3 is 1.31 bits per heavy atom. The van der Waals surface area contributed by atoms with Crippen molar-refractivity contribution >= 4 is 75.6 Å². The van der Waals surface area contributed by atoms with Gasteiger partial charge in [-0.05, 0) is 119 Å². The molecule has 1 saturated heterocycles. The Labute approximate surface area is 447 Å². The summed E-state index contributed by atoms with van der Waals surface area (Å²) in [5.41, 5.74) is 4.20. The van der Waals surface area contributed by atoms with E-state index in [0.29, 0.717) is 12.0 Å². The second-order valence-electron chi connectivity index (χ2n) is 21.0. The number of nitrogens with two attached hydrogens (primary N) is 1. The average Bonchev–Trinajstić information content (AvgIpc) is 3.27. The number of ether oxygens (including phenoxy) is 3. The van der Waals surface area contributed by atoms with E-state index in [1.165, 1.54) is 6.92 Å². The maximum atomic E-state index is 14.4. The summed E-state index contributed by atoms with van der Waals surface area (Å²) in [6.45, 7) is 16.8. The molecule has 0 saturated carbocycles. The Morgan fingerprint density at radius 1 is 0.587 bits per heavy atom. The third-order valence-electron chi connectivity index (χ3n) is 10.6. The lowest BCUT2D eigenvalue weighted by Gasteiger charge is -2.28. The van der Waals surface area contributed by atoms with Crippen molar-refractivity contribution in [2.75, 3.05) is 26.2 Å². The van der Waals surface area contributed by atoms with E-state index in [9.17, 15) is 53.1 Å². The number of rotatable bonds is 14. The molecule has 422 valence electrons. The molecule has 1 unspecified atom stereocenters. The van der Waals surface area contributed by atoms with Crippen molar-refractivity contribution in [2.45, 2.75) is 186 Å². The smallest absolute Gasteiger partial charge is 0.407 e. The van der Waals surface area contributed by atoms with Gasteiger partial charge in [-0.15, -0.1) is 0 Å². The lowest BCUT2D eigenvalue weighted by Crippen LogP contribution is -2.61. The molecule has 26 heteroatoms. The Kier molecular flexibility index (Phi) is 26.2. The molecule has 8 atom stereocenters. The molecule has 1 fully saturated rings. The fourth-order valence-electron chi connectivity index (χ4n) is 6.95. The number of aliphatic hydroxyl groups excluding tert-OH is 1. The standard InChI is InChI=1S/C49H80BrN11O14/c1-12-13-31-38(64)58-33(20-24-54-45(71)74-48(6,7)8)39(65)59-34(21-25-55-46(72)75-49(9,10)11)41(67)61-36(27(2)62)43(69)52-22-18-30(51)37(63)56-32(19-23-53-44(70)73-47(3,4)5)40(66)60-35(42(68)57-31)26-28-14-16-29(50)17-15-28/h14-17,27,30-36,62H,12-13,18-26,51H2,1-11H3,(H,52,69)(H,53,70)(H,54,71)(H,55,72)(H,56,63)(H,57,68)(H,58,64)(H,59,65)(H,60,66)(H,61,67)/t27?,30-,31-,32-,33-,34-,35+,36-/m0/s1. The Balaban J connectivity index is 2.74. The predicted octanol–water partition coefficient (Wildman–Crippen LogP) is 0.673. The lowest BCUT2D eigenvalue weighted by atomic mass is 10.0. The van der Waals surface area contributed by atoms with E-state index >= 15 is 0 Å². The van der Waals surface area contributed by atoms with Crippen molar-refractivity contribution < 1.29 is 67.3 Å². The Hall–Kier alpha value is -6.28. The van der Waals surface area contributed by atoms with Crippen LogP contribution in [0.3, 0.4) is 0 Å². The molecule has 0 aliphatic carbocycles. The molecule has 1 aliphatic heterocycles.